The molecule has 2 nitrogen and oxygen atoms in total. The quantitative estimate of drug-likeness (QED) is 0.781. The number of rotatable bonds is 2. The first-order valence-electron chi connectivity index (χ1n) is 7.28. The third kappa shape index (κ3) is 1.93. The van der Waals surface area contributed by atoms with Crippen molar-refractivity contribution in [3.05, 3.63) is 70.4 Å². The molecule has 1 heterocycles. The number of hydrogen-bond acceptors (Lipinski definition) is 3. The minimum atomic E-state index is -0.884. The van der Waals surface area contributed by atoms with Crippen LogP contribution in [-0.4, -0.2) is 11.6 Å². The molecule has 0 radical (unpaired) electrons. The van der Waals surface area contributed by atoms with Crippen LogP contribution in [0.15, 0.2) is 60.0 Å². The molecule has 3 heteroatoms. The molecule has 2 aromatic rings. The van der Waals surface area contributed by atoms with Gasteiger partial charge in [0.1, 0.15) is 5.41 Å². The molecule has 1 unspecified atom stereocenters. The second kappa shape index (κ2) is 4.89. The van der Waals surface area contributed by atoms with Gasteiger partial charge in [-0.2, -0.15) is 0 Å². The molecule has 1 spiro atoms. The summed E-state index contributed by atoms with van der Waals surface area (Å²) in [6.07, 6.45) is 4.38. The van der Waals surface area contributed by atoms with Gasteiger partial charge >= 0.3 is 0 Å². The maximum atomic E-state index is 12.6. The zero-order valence-corrected chi connectivity index (χ0v) is 12.7. The second-order valence-electron chi connectivity index (χ2n) is 5.85. The van der Waals surface area contributed by atoms with Crippen molar-refractivity contribution in [2.24, 2.45) is 5.41 Å². The number of ketones is 2. The summed E-state index contributed by atoms with van der Waals surface area (Å²) in [5.74, 6) is -0.0813. The smallest absolute Gasteiger partial charge is 0.170 e. The number of carbonyl (C=O) groups excluding carboxylic acids is 2. The summed E-state index contributed by atoms with van der Waals surface area (Å²) in [7, 11) is 0. The van der Waals surface area contributed by atoms with E-state index in [1.807, 2.05) is 47.8 Å². The molecule has 2 aliphatic rings. The van der Waals surface area contributed by atoms with Crippen molar-refractivity contribution in [3.63, 3.8) is 0 Å². The van der Waals surface area contributed by atoms with E-state index < -0.39 is 5.41 Å². The van der Waals surface area contributed by atoms with Gasteiger partial charge in [0.2, 0.25) is 0 Å². The summed E-state index contributed by atoms with van der Waals surface area (Å²) in [6, 6.07) is 13.8. The number of hydrogen-bond donors (Lipinski definition) is 0. The average Bonchev–Trinajstić information content (AvgIpc) is 3.23. The van der Waals surface area contributed by atoms with E-state index in [-0.39, 0.29) is 11.6 Å². The van der Waals surface area contributed by atoms with Gasteiger partial charge in [-0.15, -0.1) is 11.3 Å². The summed E-state index contributed by atoms with van der Waals surface area (Å²) in [4.78, 5) is 26.2. The molecule has 0 aliphatic heterocycles. The Morgan fingerprint density at radius 1 is 0.818 bits per heavy atom. The van der Waals surface area contributed by atoms with E-state index in [9.17, 15) is 9.59 Å². The lowest BCUT2D eigenvalue weighted by Gasteiger charge is -2.20. The largest absolute Gasteiger partial charge is 0.294 e. The lowest BCUT2D eigenvalue weighted by atomic mass is 9.78. The molecule has 0 fully saturated rings. The first kappa shape index (κ1) is 13.4. The Kier molecular flexibility index (Phi) is 2.98. The Hall–Kier alpha value is -2.26. The minimum Gasteiger partial charge on any atom is -0.294 e. The van der Waals surface area contributed by atoms with Crippen LogP contribution < -0.4 is 0 Å². The van der Waals surface area contributed by atoms with Gasteiger partial charge in [-0.05, 0) is 53.1 Å². The van der Waals surface area contributed by atoms with Crippen LogP contribution >= 0.6 is 11.3 Å². The summed E-state index contributed by atoms with van der Waals surface area (Å²) in [6.45, 7) is 0. The highest BCUT2D eigenvalue weighted by Crippen LogP contribution is 2.50. The molecule has 0 bridgehead atoms. The van der Waals surface area contributed by atoms with Gasteiger partial charge in [0.25, 0.3) is 0 Å². The lowest BCUT2D eigenvalue weighted by Crippen LogP contribution is -2.31. The Balaban J connectivity index is 1.66. The Morgan fingerprint density at radius 3 is 2.18 bits per heavy atom. The Bertz CT molecular complexity index is 812. The molecule has 4 rings (SSSR count). The molecule has 0 saturated carbocycles. The number of thiophene rings is 1. The standard InChI is InChI=1S/C19H14O2S/c20-17-9-14(13-5-2-1-3-6-13)11-19(17)12-15(10-18(19)21)16-7-4-8-22-16/h1-10H,11-12H2. The fraction of sp³-hybridized carbons (Fsp3) is 0.158. The number of allylic oxidation sites excluding steroid dienone is 4. The lowest BCUT2D eigenvalue weighted by molar-refractivity contribution is -0.133. The molecule has 1 aromatic carbocycles. The molecular weight excluding hydrogens is 292 g/mol. The van der Waals surface area contributed by atoms with E-state index in [1.165, 1.54) is 0 Å². The van der Waals surface area contributed by atoms with Crippen LogP contribution in [0.2, 0.25) is 0 Å². The topological polar surface area (TPSA) is 34.1 Å². The van der Waals surface area contributed by atoms with Crippen molar-refractivity contribution < 1.29 is 9.59 Å². The summed E-state index contributed by atoms with van der Waals surface area (Å²) >= 11 is 1.61. The van der Waals surface area contributed by atoms with Crippen molar-refractivity contribution in [2.75, 3.05) is 0 Å². The van der Waals surface area contributed by atoms with E-state index in [4.69, 9.17) is 0 Å². The summed E-state index contributed by atoms with van der Waals surface area (Å²) in [5, 5.41) is 2.00. The van der Waals surface area contributed by atoms with E-state index >= 15 is 0 Å². The Labute approximate surface area is 132 Å². The summed E-state index contributed by atoms with van der Waals surface area (Å²) < 4.78 is 0. The van der Waals surface area contributed by atoms with Crippen LogP contribution in [0.1, 0.15) is 23.3 Å². The molecule has 22 heavy (non-hydrogen) atoms. The van der Waals surface area contributed by atoms with Gasteiger partial charge < -0.3 is 0 Å². The molecule has 0 saturated heterocycles. The van der Waals surface area contributed by atoms with Crippen molar-refractivity contribution in [2.45, 2.75) is 12.8 Å². The van der Waals surface area contributed by atoms with Crippen molar-refractivity contribution in [3.8, 4) is 0 Å². The van der Waals surface area contributed by atoms with Crippen LogP contribution in [0.3, 0.4) is 0 Å². The predicted molar refractivity (Wildman–Crippen MR) is 88.4 cm³/mol. The fourth-order valence-electron chi connectivity index (χ4n) is 3.33. The third-order valence-electron chi connectivity index (χ3n) is 4.52. The zero-order chi connectivity index (χ0) is 15.2. The van der Waals surface area contributed by atoms with Crippen LogP contribution in [0, 0.1) is 5.41 Å². The average molecular weight is 306 g/mol. The molecule has 0 amide bonds. The molecular formula is C19H14O2S. The SMILES string of the molecule is O=C1C=C(c2ccccc2)CC12CC(c1cccs1)=CC2=O. The van der Waals surface area contributed by atoms with Crippen LogP contribution in [0.4, 0.5) is 0 Å². The normalized spacial score (nSPS) is 24.0. The number of benzene rings is 1. The van der Waals surface area contributed by atoms with E-state index in [0.717, 1.165) is 21.6 Å². The molecule has 1 atom stereocenters. The Morgan fingerprint density at radius 2 is 1.50 bits per heavy atom. The van der Waals surface area contributed by atoms with E-state index in [1.54, 1.807) is 23.5 Å². The van der Waals surface area contributed by atoms with Gasteiger partial charge in [0, 0.05) is 4.88 Å². The zero-order valence-electron chi connectivity index (χ0n) is 11.9. The second-order valence-corrected chi connectivity index (χ2v) is 6.79. The van der Waals surface area contributed by atoms with Crippen molar-refractivity contribution in [1.82, 2.24) is 0 Å². The van der Waals surface area contributed by atoms with Crippen molar-refractivity contribution in [1.29, 1.82) is 0 Å². The van der Waals surface area contributed by atoms with Crippen molar-refractivity contribution >= 4 is 34.0 Å². The minimum absolute atomic E-state index is 0.0388. The van der Waals surface area contributed by atoms with Crippen LogP contribution in [0.25, 0.3) is 11.1 Å². The number of carbonyl (C=O) groups is 2. The van der Waals surface area contributed by atoms with Gasteiger partial charge in [0.15, 0.2) is 11.6 Å². The van der Waals surface area contributed by atoms with E-state index in [0.29, 0.717) is 12.8 Å². The molecule has 1 aromatic heterocycles. The van der Waals surface area contributed by atoms with Gasteiger partial charge in [-0.3, -0.25) is 9.59 Å². The highest BCUT2D eigenvalue weighted by Gasteiger charge is 2.51. The van der Waals surface area contributed by atoms with Gasteiger partial charge in [-0.25, -0.2) is 0 Å². The first-order valence-corrected chi connectivity index (χ1v) is 8.16. The highest BCUT2D eigenvalue weighted by molar-refractivity contribution is 7.11. The van der Waals surface area contributed by atoms with Gasteiger partial charge in [0.05, 0.1) is 0 Å². The fourth-order valence-corrected chi connectivity index (χ4v) is 4.08. The maximum Gasteiger partial charge on any atom is 0.170 e. The van der Waals surface area contributed by atoms with Crippen LogP contribution in [-0.2, 0) is 9.59 Å². The summed E-state index contributed by atoms with van der Waals surface area (Å²) in [5.41, 5.74) is 2.12. The molecule has 108 valence electrons. The van der Waals surface area contributed by atoms with Crippen LogP contribution in [0.5, 0.6) is 0 Å². The molecule has 2 aliphatic carbocycles. The predicted octanol–water partition coefficient (Wildman–Crippen LogP) is 4.15. The van der Waals surface area contributed by atoms with Gasteiger partial charge in [-0.1, -0.05) is 36.4 Å². The third-order valence-corrected chi connectivity index (χ3v) is 5.47. The molecule has 0 N–H and O–H groups in total. The first-order chi connectivity index (χ1) is 10.7. The monoisotopic (exact) mass is 306 g/mol. The van der Waals surface area contributed by atoms with E-state index in [2.05, 4.69) is 0 Å². The highest BCUT2D eigenvalue weighted by atomic mass is 32.1. The maximum absolute atomic E-state index is 12.6.